The van der Waals surface area contributed by atoms with Gasteiger partial charge in [0.25, 0.3) is 5.89 Å². The number of hydrogen-bond donors (Lipinski definition) is 1. The Bertz CT molecular complexity index is 848. The van der Waals surface area contributed by atoms with Crippen LogP contribution in [0.3, 0.4) is 0 Å². The highest BCUT2D eigenvalue weighted by Crippen LogP contribution is 2.29. The zero-order chi connectivity index (χ0) is 17.2. The average molecular weight is 321 g/mol. The Labute approximate surface area is 140 Å². The Morgan fingerprint density at radius 1 is 1.00 bits per heavy atom. The van der Waals surface area contributed by atoms with Gasteiger partial charge in [-0.3, -0.25) is 4.79 Å². The van der Waals surface area contributed by atoms with Gasteiger partial charge in [-0.1, -0.05) is 68.4 Å². The normalized spacial score (nSPS) is 11.3. The highest BCUT2D eigenvalue weighted by molar-refractivity contribution is 5.97. The number of nitrogens with one attached hydrogen (secondary N) is 1. The van der Waals surface area contributed by atoms with Crippen LogP contribution in [0, 0.1) is 5.41 Å². The fourth-order valence-electron chi connectivity index (χ4n) is 2.13. The van der Waals surface area contributed by atoms with E-state index in [1.807, 2.05) is 75.4 Å². The van der Waals surface area contributed by atoms with Crippen LogP contribution >= 0.6 is 0 Å². The Morgan fingerprint density at radius 2 is 1.67 bits per heavy atom. The number of para-hydroxylation sites is 1. The van der Waals surface area contributed by atoms with Crippen LogP contribution in [-0.2, 0) is 4.79 Å². The Balaban J connectivity index is 1.94. The van der Waals surface area contributed by atoms with E-state index in [2.05, 4.69) is 15.5 Å². The first kappa shape index (κ1) is 15.9. The monoisotopic (exact) mass is 321 g/mol. The standard InChI is InChI=1S/C19H19N3O2/c1-19(2,3)18(23)20-15-12-8-7-11-14(15)17-21-16(22-24-17)13-9-5-4-6-10-13/h4-12H,1-3H3,(H,20,23). The van der Waals surface area contributed by atoms with Gasteiger partial charge in [-0.15, -0.1) is 0 Å². The van der Waals surface area contributed by atoms with Crippen molar-refractivity contribution < 1.29 is 9.32 Å². The minimum absolute atomic E-state index is 0.0715. The van der Waals surface area contributed by atoms with E-state index in [4.69, 9.17) is 4.52 Å². The van der Waals surface area contributed by atoms with Crippen molar-refractivity contribution in [1.82, 2.24) is 10.1 Å². The van der Waals surface area contributed by atoms with Crippen LogP contribution in [0.4, 0.5) is 5.69 Å². The molecule has 2 aromatic carbocycles. The van der Waals surface area contributed by atoms with Gasteiger partial charge >= 0.3 is 0 Å². The van der Waals surface area contributed by atoms with E-state index in [0.29, 0.717) is 23.0 Å². The second kappa shape index (κ2) is 6.28. The zero-order valence-corrected chi connectivity index (χ0v) is 13.9. The quantitative estimate of drug-likeness (QED) is 0.777. The van der Waals surface area contributed by atoms with E-state index in [1.54, 1.807) is 0 Å². The summed E-state index contributed by atoms with van der Waals surface area (Å²) < 4.78 is 5.40. The summed E-state index contributed by atoms with van der Waals surface area (Å²) in [6, 6.07) is 17.0. The van der Waals surface area contributed by atoms with E-state index in [1.165, 1.54) is 0 Å². The maximum absolute atomic E-state index is 12.3. The summed E-state index contributed by atoms with van der Waals surface area (Å²) >= 11 is 0. The molecule has 0 spiro atoms. The molecule has 1 heterocycles. The van der Waals surface area contributed by atoms with Gasteiger partial charge in [0.2, 0.25) is 11.7 Å². The van der Waals surface area contributed by atoms with Crippen molar-refractivity contribution >= 4 is 11.6 Å². The number of carbonyl (C=O) groups is 1. The van der Waals surface area contributed by atoms with Gasteiger partial charge in [0.05, 0.1) is 11.3 Å². The van der Waals surface area contributed by atoms with Crippen molar-refractivity contribution in [3.05, 3.63) is 54.6 Å². The molecular formula is C19H19N3O2. The summed E-state index contributed by atoms with van der Waals surface area (Å²) in [5.41, 5.74) is 1.74. The number of rotatable bonds is 3. The van der Waals surface area contributed by atoms with Crippen LogP contribution in [0.1, 0.15) is 20.8 Å². The molecule has 3 rings (SSSR count). The SMILES string of the molecule is CC(C)(C)C(=O)Nc1ccccc1-c1nc(-c2ccccc2)no1. The van der Waals surface area contributed by atoms with Crippen molar-refractivity contribution in [1.29, 1.82) is 0 Å². The third-order valence-corrected chi connectivity index (χ3v) is 3.54. The highest BCUT2D eigenvalue weighted by atomic mass is 16.5. The minimum Gasteiger partial charge on any atom is -0.334 e. The summed E-state index contributed by atoms with van der Waals surface area (Å²) in [7, 11) is 0. The molecule has 0 saturated carbocycles. The zero-order valence-electron chi connectivity index (χ0n) is 13.9. The molecule has 0 atom stereocenters. The molecule has 0 fully saturated rings. The Hall–Kier alpha value is -2.95. The summed E-state index contributed by atoms with van der Waals surface area (Å²) in [6.45, 7) is 5.60. The van der Waals surface area contributed by atoms with Crippen molar-refractivity contribution in [3.63, 3.8) is 0 Å². The van der Waals surface area contributed by atoms with Crippen LogP contribution in [-0.4, -0.2) is 16.0 Å². The van der Waals surface area contributed by atoms with Crippen molar-refractivity contribution in [3.8, 4) is 22.8 Å². The number of aromatic nitrogens is 2. The van der Waals surface area contributed by atoms with Crippen LogP contribution in [0.15, 0.2) is 59.1 Å². The predicted molar refractivity (Wildman–Crippen MR) is 93.3 cm³/mol. The van der Waals surface area contributed by atoms with Gasteiger partial charge in [0.1, 0.15) is 0 Å². The van der Waals surface area contributed by atoms with Gasteiger partial charge in [-0.25, -0.2) is 0 Å². The predicted octanol–water partition coefficient (Wildman–Crippen LogP) is 4.39. The van der Waals surface area contributed by atoms with Crippen molar-refractivity contribution in [2.45, 2.75) is 20.8 Å². The second-order valence-electron chi connectivity index (χ2n) is 6.54. The molecule has 0 aliphatic rings. The molecule has 0 aliphatic carbocycles. The third-order valence-electron chi connectivity index (χ3n) is 3.54. The summed E-state index contributed by atoms with van der Waals surface area (Å²) in [6.07, 6.45) is 0. The largest absolute Gasteiger partial charge is 0.334 e. The van der Waals surface area contributed by atoms with Gasteiger partial charge in [0, 0.05) is 11.0 Å². The molecule has 0 bridgehead atoms. The number of hydrogen-bond acceptors (Lipinski definition) is 4. The van der Waals surface area contributed by atoms with Crippen molar-refractivity contribution in [2.75, 3.05) is 5.32 Å². The average Bonchev–Trinajstić information content (AvgIpc) is 3.05. The van der Waals surface area contributed by atoms with E-state index in [0.717, 1.165) is 5.56 Å². The third kappa shape index (κ3) is 3.35. The summed E-state index contributed by atoms with van der Waals surface area (Å²) in [5.74, 6) is 0.818. The second-order valence-corrected chi connectivity index (χ2v) is 6.54. The maximum atomic E-state index is 12.3. The smallest absolute Gasteiger partial charge is 0.260 e. The number of nitrogens with zero attached hydrogens (tertiary/aromatic N) is 2. The molecule has 122 valence electrons. The number of carbonyl (C=O) groups excluding carboxylic acids is 1. The maximum Gasteiger partial charge on any atom is 0.260 e. The van der Waals surface area contributed by atoms with Crippen LogP contribution < -0.4 is 5.32 Å². The lowest BCUT2D eigenvalue weighted by molar-refractivity contribution is -0.123. The van der Waals surface area contributed by atoms with E-state index >= 15 is 0 Å². The fourth-order valence-corrected chi connectivity index (χ4v) is 2.13. The van der Waals surface area contributed by atoms with Crippen LogP contribution in [0.2, 0.25) is 0 Å². The van der Waals surface area contributed by atoms with Crippen molar-refractivity contribution in [2.24, 2.45) is 5.41 Å². The summed E-state index contributed by atoms with van der Waals surface area (Å²) in [5, 5.41) is 6.96. The molecule has 1 aromatic heterocycles. The minimum atomic E-state index is -0.489. The van der Waals surface area contributed by atoms with E-state index in [9.17, 15) is 4.79 Å². The molecule has 5 nitrogen and oxygen atoms in total. The number of benzene rings is 2. The van der Waals surface area contributed by atoms with Gasteiger partial charge in [0.15, 0.2) is 0 Å². The lowest BCUT2D eigenvalue weighted by Gasteiger charge is -2.18. The van der Waals surface area contributed by atoms with Gasteiger partial charge < -0.3 is 9.84 Å². The number of amides is 1. The molecule has 1 N–H and O–H groups in total. The molecule has 0 unspecified atom stereocenters. The highest BCUT2D eigenvalue weighted by Gasteiger charge is 2.23. The molecule has 0 aliphatic heterocycles. The molecule has 1 amide bonds. The fraction of sp³-hybridized carbons (Fsp3) is 0.211. The van der Waals surface area contributed by atoms with Gasteiger partial charge in [-0.05, 0) is 12.1 Å². The lowest BCUT2D eigenvalue weighted by atomic mass is 9.95. The molecule has 3 aromatic rings. The topological polar surface area (TPSA) is 68.0 Å². The first-order valence-corrected chi connectivity index (χ1v) is 7.75. The summed E-state index contributed by atoms with van der Waals surface area (Å²) in [4.78, 5) is 16.7. The van der Waals surface area contributed by atoms with Crippen LogP contribution in [0.5, 0.6) is 0 Å². The Morgan fingerprint density at radius 3 is 2.38 bits per heavy atom. The first-order chi connectivity index (χ1) is 11.4. The number of anilines is 1. The lowest BCUT2D eigenvalue weighted by Crippen LogP contribution is -2.27. The molecular weight excluding hydrogens is 302 g/mol. The van der Waals surface area contributed by atoms with E-state index < -0.39 is 5.41 Å². The van der Waals surface area contributed by atoms with Crippen LogP contribution in [0.25, 0.3) is 22.8 Å². The van der Waals surface area contributed by atoms with Gasteiger partial charge in [-0.2, -0.15) is 4.98 Å². The van der Waals surface area contributed by atoms with E-state index in [-0.39, 0.29) is 5.91 Å². The Kier molecular flexibility index (Phi) is 4.16. The molecule has 24 heavy (non-hydrogen) atoms. The molecule has 5 heteroatoms. The molecule has 0 saturated heterocycles. The first-order valence-electron chi connectivity index (χ1n) is 7.75. The molecule has 0 radical (unpaired) electrons.